The summed E-state index contributed by atoms with van der Waals surface area (Å²) in [6.07, 6.45) is 4.83. The maximum atomic E-state index is 12.1. The topological polar surface area (TPSA) is 67.8 Å². The zero-order valence-electron chi connectivity index (χ0n) is 11.1. The molecular formula is C15H12N4OS. The largest absolute Gasteiger partial charge is 0.347 e. The van der Waals surface area contributed by atoms with Crippen molar-refractivity contribution < 1.29 is 4.79 Å². The fraction of sp³-hybridized carbons (Fsp3) is 0.0667. The molecule has 0 atom stereocenters. The summed E-state index contributed by atoms with van der Waals surface area (Å²) >= 11 is 1.38. The van der Waals surface area contributed by atoms with Crippen LogP contribution < -0.4 is 5.32 Å². The lowest BCUT2D eigenvalue weighted by molar-refractivity contribution is 0.0946. The van der Waals surface area contributed by atoms with Gasteiger partial charge in [-0.2, -0.15) is 0 Å². The summed E-state index contributed by atoms with van der Waals surface area (Å²) in [5.74, 6) is -0.190. The zero-order valence-corrected chi connectivity index (χ0v) is 11.9. The molecule has 0 aliphatic heterocycles. The van der Waals surface area contributed by atoms with E-state index in [0.717, 1.165) is 5.56 Å². The molecule has 21 heavy (non-hydrogen) atoms. The number of nitrogens with zero attached hydrogens (tertiary/aromatic N) is 3. The fourth-order valence-corrected chi connectivity index (χ4v) is 2.53. The van der Waals surface area contributed by atoms with E-state index in [0.29, 0.717) is 22.9 Å². The van der Waals surface area contributed by atoms with Gasteiger partial charge in [-0.3, -0.25) is 14.8 Å². The lowest BCUT2D eigenvalue weighted by Gasteiger charge is -2.02. The average molecular weight is 296 g/mol. The Morgan fingerprint density at radius 3 is 2.81 bits per heavy atom. The normalized spacial score (nSPS) is 10.3. The van der Waals surface area contributed by atoms with Crippen molar-refractivity contribution in [1.82, 2.24) is 20.3 Å². The van der Waals surface area contributed by atoms with Gasteiger partial charge in [0.2, 0.25) is 0 Å². The minimum atomic E-state index is -0.190. The Morgan fingerprint density at radius 2 is 2.05 bits per heavy atom. The third-order valence-corrected chi connectivity index (χ3v) is 3.68. The highest BCUT2D eigenvalue weighted by Crippen LogP contribution is 2.20. The van der Waals surface area contributed by atoms with Gasteiger partial charge in [0.15, 0.2) is 0 Å². The quantitative estimate of drug-likeness (QED) is 0.803. The molecule has 1 amide bonds. The van der Waals surface area contributed by atoms with Gasteiger partial charge in [-0.1, -0.05) is 30.3 Å². The van der Waals surface area contributed by atoms with Gasteiger partial charge in [-0.15, -0.1) is 11.3 Å². The molecule has 0 fully saturated rings. The molecule has 2 heterocycles. The van der Waals surface area contributed by atoms with Gasteiger partial charge in [0.1, 0.15) is 16.4 Å². The van der Waals surface area contributed by atoms with E-state index in [1.807, 2.05) is 30.3 Å². The molecule has 0 aliphatic carbocycles. The summed E-state index contributed by atoms with van der Waals surface area (Å²) in [6.45, 7) is 0.484. The molecule has 2 aromatic heterocycles. The lowest BCUT2D eigenvalue weighted by atomic mass is 10.2. The highest BCUT2D eigenvalue weighted by molar-refractivity contribution is 7.13. The number of nitrogens with one attached hydrogen (secondary N) is 1. The van der Waals surface area contributed by atoms with Crippen LogP contribution in [0, 0.1) is 0 Å². The third-order valence-electron chi connectivity index (χ3n) is 2.82. The number of carbonyl (C=O) groups excluding carboxylic acids is 1. The SMILES string of the molecule is O=C(NCc1ccccc1)c1csc(-c2cnccn2)n1. The first kappa shape index (κ1) is 13.4. The van der Waals surface area contributed by atoms with E-state index in [2.05, 4.69) is 20.3 Å². The number of rotatable bonds is 4. The first-order valence-electron chi connectivity index (χ1n) is 6.37. The van der Waals surface area contributed by atoms with E-state index in [4.69, 9.17) is 0 Å². The molecule has 0 radical (unpaired) electrons. The van der Waals surface area contributed by atoms with Crippen LogP contribution in [0.3, 0.4) is 0 Å². The Bertz CT molecular complexity index is 728. The molecule has 0 saturated carbocycles. The second-order valence-electron chi connectivity index (χ2n) is 4.30. The van der Waals surface area contributed by atoms with Crippen molar-refractivity contribution in [3.63, 3.8) is 0 Å². The molecule has 0 bridgehead atoms. The Kier molecular flexibility index (Phi) is 3.97. The summed E-state index contributed by atoms with van der Waals surface area (Å²) in [5.41, 5.74) is 2.12. The molecule has 3 aromatic rings. The van der Waals surface area contributed by atoms with Crippen molar-refractivity contribution in [3.05, 3.63) is 65.6 Å². The summed E-state index contributed by atoms with van der Waals surface area (Å²) in [7, 11) is 0. The standard InChI is InChI=1S/C15H12N4OS/c20-14(18-8-11-4-2-1-3-5-11)13-10-21-15(19-13)12-9-16-6-7-17-12/h1-7,9-10H,8H2,(H,18,20). The highest BCUT2D eigenvalue weighted by Gasteiger charge is 2.12. The number of thiazole rings is 1. The van der Waals surface area contributed by atoms with Crippen molar-refractivity contribution in [1.29, 1.82) is 0 Å². The van der Waals surface area contributed by atoms with Gasteiger partial charge in [0, 0.05) is 24.3 Å². The van der Waals surface area contributed by atoms with Crippen molar-refractivity contribution in [3.8, 4) is 10.7 Å². The Labute approximate surface area is 125 Å². The summed E-state index contributed by atoms with van der Waals surface area (Å²) in [4.78, 5) is 24.5. The number of benzene rings is 1. The number of hydrogen-bond donors (Lipinski definition) is 1. The first-order chi connectivity index (χ1) is 10.3. The van der Waals surface area contributed by atoms with Crippen LogP contribution in [0.4, 0.5) is 0 Å². The van der Waals surface area contributed by atoms with Crippen molar-refractivity contribution in [2.24, 2.45) is 0 Å². The van der Waals surface area contributed by atoms with Crippen molar-refractivity contribution in [2.75, 3.05) is 0 Å². The third kappa shape index (κ3) is 3.29. The average Bonchev–Trinajstić information content (AvgIpc) is 3.04. The smallest absolute Gasteiger partial charge is 0.271 e. The fourth-order valence-electron chi connectivity index (χ4n) is 1.77. The second-order valence-corrected chi connectivity index (χ2v) is 5.15. The van der Waals surface area contributed by atoms with Crippen LogP contribution in [0.15, 0.2) is 54.3 Å². The molecular weight excluding hydrogens is 284 g/mol. The van der Waals surface area contributed by atoms with E-state index >= 15 is 0 Å². The molecule has 1 N–H and O–H groups in total. The zero-order chi connectivity index (χ0) is 14.5. The lowest BCUT2D eigenvalue weighted by Crippen LogP contribution is -2.23. The van der Waals surface area contributed by atoms with Crippen LogP contribution in [0.25, 0.3) is 10.7 Å². The predicted molar refractivity (Wildman–Crippen MR) is 80.8 cm³/mol. The van der Waals surface area contributed by atoms with E-state index in [-0.39, 0.29) is 5.91 Å². The minimum Gasteiger partial charge on any atom is -0.347 e. The molecule has 0 saturated heterocycles. The molecule has 0 spiro atoms. The molecule has 3 rings (SSSR count). The molecule has 0 aliphatic rings. The maximum Gasteiger partial charge on any atom is 0.271 e. The van der Waals surface area contributed by atoms with Gasteiger partial charge >= 0.3 is 0 Å². The Morgan fingerprint density at radius 1 is 1.19 bits per heavy atom. The van der Waals surface area contributed by atoms with Gasteiger partial charge in [0.05, 0.1) is 6.20 Å². The van der Waals surface area contributed by atoms with E-state index in [1.54, 1.807) is 24.0 Å². The highest BCUT2D eigenvalue weighted by atomic mass is 32.1. The Hall–Kier alpha value is -2.60. The molecule has 0 unspecified atom stereocenters. The monoisotopic (exact) mass is 296 g/mol. The van der Waals surface area contributed by atoms with E-state index < -0.39 is 0 Å². The van der Waals surface area contributed by atoms with E-state index in [1.165, 1.54) is 11.3 Å². The number of hydrogen-bond acceptors (Lipinski definition) is 5. The van der Waals surface area contributed by atoms with E-state index in [9.17, 15) is 4.79 Å². The van der Waals surface area contributed by atoms with Crippen LogP contribution in [0.1, 0.15) is 16.1 Å². The van der Waals surface area contributed by atoms with Crippen molar-refractivity contribution in [2.45, 2.75) is 6.54 Å². The molecule has 6 heteroatoms. The summed E-state index contributed by atoms with van der Waals surface area (Å²) in [6, 6.07) is 9.75. The minimum absolute atomic E-state index is 0.190. The van der Waals surface area contributed by atoms with Crippen LogP contribution in [0.5, 0.6) is 0 Å². The summed E-state index contributed by atoms with van der Waals surface area (Å²) in [5, 5.41) is 5.26. The maximum absolute atomic E-state index is 12.1. The van der Waals surface area contributed by atoms with Crippen molar-refractivity contribution >= 4 is 17.2 Å². The number of aromatic nitrogens is 3. The second kappa shape index (κ2) is 6.23. The summed E-state index contributed by atoms with van der Waals surface area (Å²) < 4.78 is 0. The number of carbonyl (C=O) groups is 1. The van der Waals surface area contributed by atoms with Gasteiger partial charge < -0.3 is 5.32 Å². The van der Waals surface area contributed by atoms with Crippen LogP contribution in [0.2, 0.25) is 0 Å². The van der Waals surface area contributed by atoms with Gasteiger partial charge in [-0.25, -0.2) is 4.98 Å². The van der Waals surface area contributed by atoms with Crippen LogP contribution in [-0.2, 0) is 6.54 Å². The Balaban J connectivity index is 1.67. The van der Waals surface area contributed by atoms with Crippen LogP contribution in [-0.4, -0.2) is 20.9 Å². The molecule has 104 valence electrons. The van der Waals surface area contributed by atoms with Gasteiger partial charge in [-0.05, 0) is 5.56 Å². The molecule has 5 nitrogen and oxygen atoms in total. The number of amides is 1. The van der Waals surface area contributed by atoms with Crippen LogP contribution >= 0.6 is 11.3 Å². The predicted octanol–water partition coefficient (Wildman–Crippen LogP) is 2.53. The first-order valence-corrected chi connectivity index (χ1v) is 7.25. The van der Waals surface area contributed by atoms with Gasteiger partial charge in [0.25, 0.3) is 5.91 Å². The molecule has 1 aromatic carbocycles.